The smallest absolute Gasteiger partial charge is 0.127 e. The van der Waals surface area contributed by atoms with Crippen molar-refractivity contribution >= 4 is 0 Å². The Bertz CT molecular complexity index is 1280. The molecule has 1 saturated heterocycles. The summed E-state index contributed by atoms with van der Waals surface area (Å²) in [7, 11) is 0. The standard InChI is InChI=1S/C30H24O/c1-3-12-22(13-4-1)29-25-17-9-10-18-26(25)30(31-29,23-14-5-2-6-15-23)28-24-16-8-7-11-21(24)19-20-27(28)29/h1-18,27-28H,19-20H2. The van der Waals surface area contributed by atoms with Crippen molar-refractivity contribution in [3.63, 3.8) is 0 Å². The molecule has 0 aromatic heterocycles. The van der Waals surface area contributed by atoms with Gasteiger partial charge in [-0.15, -0.1) is 0 Å². The molecule has 1 heteroatoms. The van der Waals surface area contributed by atoms with Gasteiger partial charge in [-0.25, -0.2) is 0 Å². The zero-order valence-electron chi connectivity index (χ0n) is 17.4. The predicted molar refractivity (Wildman–Crippen MR) is 123 cm³/mol. The zero-order chi connectivity index (χ0) is 20.5. The molecule has 1 fully saturated rings. The van der Waals surface area contributed by atoms with E-state index in [1.807, 2.05) is 0 Å². The number of aryl methyl sites for hydroxylation is 1. The van der Waals surface area contributed by atoms with Gasteiger partial charge in [0.25, 0.3) is 0 Å². The largest absolute Gasteiger partial charge is 0.349 e. The Morgan fingerprint density at radius 2 is 1.13 bits per heavy atom. The molecule has 31 heavy (non-hydrogen) atoms. The molecule has 4 unspecified atom stereocenters. The SMILES string of the molecule is c1ccc(C23OC(c4ccccc4)(c4ccccc42)C2c4ccccc4CCC23)cc1. The summed E-state index contributed by atoms with van der Waals surface area (Å²) in [5, 5.41) is 0. The summed E-state index contributed by atoms with van der Waals surface area (Å²) >= 11 is 0. The van der Waals surface area contributed by atoms with Crippen molar-refractivity contribution in [1.82, 2.24) is 0 Å². The van der Waals surface area contributed by atoms with E-state index in [2.05, 4.69) is 109 Å². The lowest BCUT2D eigenvalue weighted by Crippen LogP contribution is -2.41. The van der Waals surface area contributed by atoms with Crippen LogP contribution >= 0.6 is 0 Å². The molecule has 0 N–H and O–H groups in total. The Labute approximate surface area is 183 Å². The molecule has 4 aromatic carbocycles. The molecule has 2 aliphatic heterocycles. The lowest BCUT2D eigenvalue weighted by atomic mass is 9.55. The van der Waals surface area contributed by atoms with Gasteiger partial charge >= 0.3 is 0 Å². The quantitative estimate of drug-likeness (QED) is 0.370. The van der Waals surface area contributed by atoms with Crippen LogP contribution in [0.1, 0.15) is 45.7 Å². The van der Waals surface area contributed by atoms with Crippen LogP contribution in [0.2, 0.25) is 0 Å². The van der Waals surface area contributed by atoms with Crippen molar-refractivity contribution in [1.29, 1.82) is 0 Å². The molecule has 4 atom stereocenters. The minimum Gasteiger partial charge on any atom is -0.349 e. The molecule has 0 radical (unpaired) electrons. The molecular formula is C30H24O. The van der Waals surface area contributed by atoms with E-state index in [0.717, 1.165) is 12.8 Å². The molecule has 150 valence electrons. The lowest BCUT2D eigenvalue weighted by Gasteiger charge is -2.44. The van der Waals surface area contributed by atoms with Crippen LogP contribution in [0, 0.1) is 5.92 Å². The number of rotatable bonds is 2. The van der Waals surface area contributed by atoms with E-state index in [0.29, 0.717) is 11.8 Å². The molecule has 3 aliphatic rings. The first-order valence-electron chi connectivity index (χ1n) is 11.3. The first-order valence-corrected chi connectivity index (χ1v) is 11.3. The maximum atomic E-state index is 7.49. The van der Waals surface area contributed by atoms with Crippen LogP contribution in [-0.2, 0) is 22.4 Å². The van der Waals surface area contributed by atoms with Crippen molar-refractivity contribution in [2.45, 2.75) is 30.0 Å². The van der Waals surface area contributed by atoms with Crippen LogP contribution in [0.25, 0.3) is 0 Å². The average molecular weight is 401 g/mol. The van der Waals surface area contributed by atoms with Gasteiger partial charge in [-0.05, 0) is 46.2 Å². The molecular weight excluding hydrogens is 376 g/mol. The minimum absolute atomic E-state index is 0.301. The van der Waals surface area contributed by atoms with Gasteiger partial charge < -0.3 is 4.74 Å². The maximum Gasteiger partial charge on any atom is 0.127 e. The highest BCUT2D eigenvalue weighted by atomic mass is 16.5. The minimum atomic E-state index is -0.463. The second-order valence-electron chi connectivity index (χ2n) is 9.17. The number of ether oxygens (including phenoxy) is 1. The van der Waals surface area contributed by atoms with Crippen LogP contribution in [0.4, 0.5) is 0 Å². The Kier molecular flexibility index (Phi) is 3.49. The van der Waals surface area contributed by atoms with Crippen LogP contribution in [0.5, 0.6) is 0 Å². The second kappa shape index (κ2) is 6.18. The molecule has 1 aliphatic carbocycles. The summed E-state index contributed by atoms with van der Waals surface area (Å²) < 4.78 is 7.49. The third kappa shape index (κ3) is 2.05. The summed E-state index contributed by atoms with van der Waals surface area (Å²) in [4.78, 5) is 0. The number of fused-ring (bicyclic) bond motifs is 10. The van der Waals surface area contributed by atoms with Crippen LogP contribution in [0.15, 0.2) is 109 Å². The molecule has 0 amide bonds. The Morgan fingerprint density at radius 1 is 0.581 bits per heavy atom. The van der Waals surface area contributed by atoms with Crippen LogP contribution in [-0.4, -0.2) is 0 Å². The van der Waals surface area contributed by atoms with E-state index in [1.54, 1.807) is 0 Å². The lowest BCUT2D eigenvalue weighted by molar-refractivity contribution is -0.0535. The highest BCUT2D eigenvalue weighted by Gasteiger charge is 2.71. The van der Waals surface area contributed by atoms with E-state index in [9.17, 15) is 0 Å². The highest BCUT2D eigenvalue weighted by Crippen LogP contribution is 2.73. The molecule has 2 bridgehead atoms. The average Bonchev–Trinajstić information content (AvgIpc) is 3.35. The Hall–Kier alpha value is -3.16. The van der Waals surface area contributed by atoms with Crippen molar-refractivity contribution in [3.8, 4) is 0 Å². The van der Waals surface area contributed by atoms with Crippen molar-refractivity contribution < 1.29 is 4.74 Å². The highest BCUT2D eigenvalue weighted by molar-refractivity contribution is 5.61. The zero-order valence-corrected chi connectivity index (χ0v) is 17.4. The number of benzene rings is 4. The fourth-order valence-electron chi connectivity index (χ4n) is 6.90. The van der Waals surface area contributed by atoms with Crippen molar-refractivity contribution in [3.05, 3.63) is 143 Å². The Balaban J connectivity index is 1.61. The summed E-state index contributed by atoms with van der Waals surface area (Å²) in [6, 6.07) is 39.9. The molecule has 4 aromatic rings. The molecule has 0 spiro atoms. The van der Waals surface area contributed by atoms with Crippen LogP contribution < -0.4 is 0 Å². The topological polar surface area (TPSA) is 9.23 Å². The molecule has 1 nitrogen and oxygen atoms in total. The van der Waals surface area contributed by atoms with Gasteiger partial charge in [-0.1, -0.05) is 109 Å². The molecule has 2 heterocycles. The number of hydrogen-bond acceptors (Lipinski definition) is 1. The van der Waals surface area contributed by atoms with Gasteiger partial charge in [0.2, 0.25) is 0 Å². The predicted octanol–water partition coefficient (Wildman–Crippen LogP) is 6.56. The van der Waals surface area contributed by atoms with E-state index < -0.39 is 11.2 Å². The third-order valence-electron chi connectivity index (χ3n) is 7.93. The number of hydrogen-bond donors (Lipinski definition) is 0. The summed E-state index contributed by atoms with van der Waals surface area (Å²) in [6.45, 7) is 0. The van der Waals surface area contributed by atoms with Crippen molar-refractivity contribution in [2.75, 3.05) is 0 Å². The first-order chi connectivity index (χ1) is 15.4. The van der Waals surface area contributed by atoms with Crippen LogP contribution in [0.3, 0.4) is 0 Å². The third-order valence-corrected chi connectivity index (χ3v) is 7.93. The fourth-order valence-corrected chi connectivity index (χ4v) is 6.90. The monoisotopic (exact) mass is 400 g/mol. The summed E-state index contributed by atoms with van der Waals surface area (Å²) in [6.07, 6.45) is 2.25. The van der Waals surface area contributed by atoms with Gasteiger partial charge in [0.1, 0.15) is 11.2 Å². The maximum absolute atomic E-state index is 7.49. The fraction of sp³-hybridized carbons (Fsp3) is 0.200. The van der Waals surface area contributed by atoms with Gasteiger partial charge in [0, 0.05) is 11.8 Å². The van der Waals surface area contributed by atoms with Gasteiger partial charge in [0.05, 0.1) is 0 Å². The molecule has 0 saturated carbocycles. The molecule has 7 rings (SSSR count). The van der Waals surface area contributed by atoms with Crippen molar-refractivity contribution in [2.24, 2.45) is 5.92 Å². The first kappa shape index (κ1) is 17.5. The van der Waals surface area contributed by atoms with Gasteiger partial charge in [0.15, 0.2) is 0 Å². The Morgan fingerprint density at radius 3 is 1.84 bits per heavy atom. The van der Waals surface area contributed by atoms with E-state index in [4.69, 9.17) is 4.74 Å². The van der Waals surface area contributed by atoms with E-state index in [1.165, 1.54) is 33.4 Å². The van der Waals surface area contributed by atoms with Gasteiger partial charge in [-0.3, -0.25) is 0 Å². The summed E-state index contributed by atoms with van der Waals surface area (Å²) in [5.41, 5.74) is 7.32. The van der Waals surface area contributed by atoms with E-state index in [-0.39, 0.29) is 0 Å². The summed E-state index contributed by atoms with van der Waals surface area (Å²) in [5.74, 6) is 0.704. The second-order valence-corrected chi connectivity index (χ2v) is 9.17. The normalized spacial score (nSPS) is 29.8. The van der Waals surface area contributed by atoms with Gasteiger partial charge in [-0.2, -0.15) is 0 Å². The van der Waals surface area contributed by atoms with E-state index >= 15 is 0 Å².